The van der Waals surface area contributed by atoms with Gasteiger partial charge in [-0.05, 0) is 19.8 Å². The first-order valence-corrected chi connectivity index (χ1v) is 7.57. The normalized spacial score (nSPS) is 20.1. The molecular weight excluding hydrogens is 238 g/mol. The number of rotatable bonds is 5. The predicted octanol–water partition coefficient (Wildman–Crippen LogP) is 1.20. The number of nitriles is 1. The van der Waals surface area contributed by atoms with Gasteiger partial charge in [0.25, 0.3) is 10.2 Å². The van der Waals surface area contributed by atoms with Crippen molar-refractivity contribution in [3.05, 3.63) is 0 Å². The van der Waals surface area contributed by atoms with Crippen molar-refractivity contribution >= 4 is 10.2 Å². The van der Waals surface area contributed by atoms with Crippen molar-refractivity contribution in [1.29, 1.82) is 5.26 Å². The van der Waals surface area contributed by atoms with E-state index < -0.39 is 10.2 Å². The summed E-state index contributed by atoms with van der Waals surface area (Å²) in [6, 6.07) is 2.08. The van der Waals surface area contributed by atoms with Crippen molar-refractivity contribution in [2.75, 3.05) is 26.2 Å². The Morgan fingerprint density at radius 2 is 1.94 bits per heavy atom. The Labute approximate surface area is 104 Å². The molecule has 17 heavy (non-hydrogen) atoms. The Kier molecular flexibility index (Phi) is 5.37. The zero-order valence-electron chi connectivity index (χ0n) is 10.6. The molecule has 98 valence electrons. The van der Waals surface area contributed by atoms with E-state index >= 15 is 0 Å². The van der Waals surface area contributed by atoms with Gasteiger partial charge in [0.05, 0.1) is 12.0 Å². The summed E-state index contributed by atoms with van der Waals surface area (Å²) in [5, 5.41) is 8.77. The van der Waals surface area contributed by atoms with E-state index in [0.717, 1.165) is 19.3 Å². The third-order valence-corrected chi connectivity index (χ3v) is 5.10. The van der Waals surface area contributed by atoms with Gasteiger partial charge in [-0.3, -0.25) is 0 Å². The van der Waals surface area contributed by atoms with E-state index in [2.05, 4.69) is 6.07 Å². The lowest BCUT2D eigenvalue weighted by molar-refractivity contribution is 0.299. The highest BCUT2D eigenvalue weighted by molar-refractivity contribution is 7.86. The van der Waals surface area contributed by atoms with E-state index in [1.807, 2.05) is 6.92 Å². The van der Waals surface area contributed by atoms with Crippen molar-refractivity contribution in [2.24, 2.45) is 5.92 Å². The van der Waals surface area contributed by atoms with Crippen LogP contribution in [0, 0.1) is 17.2 Å². The molecule has 1 saturated heterocycles. The van der Waals surface area contributed by atoms with E-state index in [-0.39, 0.29) is 12.5 Å². The lowest BCUT2D eigenvalue weighted by atomic mass is 10.2. The largest absolute Gasteiger partial charge is 0.282 e. The van der Waals surface area contributed by atoms with Crippen LogP contribution >= 0.6 is 0 Å². The van der Waals surface area contributed by atoms with Gasteiger partial charge in [0, 0.05) is 26.2 Å². The molecule has 0 aliphatic carbocycles. The monoisotopic (exact) mass is 259 g/mol. The van der Waals surface area contributed by atoms with Crippen LogP contribution < -0.4 is 0 Å². The van der Waals surface area contributed by atoms with E-state index in [4.69, 9.17) is 5.26 Å². The van der Waals surface area contributed by atoms with Crippen molar-refractivity contribution in [3.8, 4) is 6.07 Å². The number of hydrogen-bond acceptors (Lipinski definition) is 3. The molecule has 0 spiro atoms. The number of hydrogen-bond donors (Lipinski definition) is 0. The second-order valence-electron chi connectivity index (χ2n) is 4.45. The predicted molar refractivity (Wildman–Crippen MR) is 66.4 cm³/mol. The molecule has 1 fully saturated rings. The number of nitrogens with zero attached hydrogens (tertiary/aromatic N) is 3. The Hall–Kier alpha value is -0.640. The van der Waals surface area contributed by atoms with Gasteiger partial charge in [-0.15, -0.1) is 0 Å². The van der Waals surface area contributed by atoms with Crippen molar-refractivity contribution in [2.45, 2.75) is 33.1 Å². The summed E-state index contributed by atoms with van der Waals surface area (Å²) in [4.78, 5) is 0. The average molecular weight is 259 g/mol. The van der Waals surface area contributed by atoms with E-state index in [1.54, 1.807) is 11.2 Å². The Bertz CT molecular complexity index is 369. The molecule has 6 heteroatoms. The van der Waals surface area contributed by atoms with Crippen LogP contribution in [0.1, 0.15) is 33.1 Å². The van der Waals surface area contributed by atoms with Gasteiger partial charge in [-0.1, -0.05) is 13.3 Å². The van der Waals surface area contributed by atoms with Crippen LogP contribution in [-0.4, -0.2) is 43.2 Å². The molecule has 0 aromatic heterocycles. The molecule has 1 unspecified atom stereocenters. The van der Waals surface area contributed by atoms with Gasteiger partial charge in [-0.25, -0.2) is 0 Å². The molecular formula is C11H21N3O2S. The molecule has 0 radical (unpaired) electrons. The highest BCUT2D eigenvalue weighted by atomic mass is 32.2. The number of piperidine rings is 1. The molecule has 0 N–H and O–H groups in total. The fraction of sp³-hybridized carbons (Fsp3) is 0.909. The minimum absolute atomic E-state index is 0.269. The zero-order valence-corrected chi connectivity index (χ0v) is 11.4. The second-order valence-corrected chi connectivity index (χ2v) is 6.38. The second kappa shape index (κ2) is 6.34. The minimum atomic E-state index is -3.36. The third kappa shape index (κ3) is 3.66. The van der Waals surface area contributed by atoms with E-state index in [0.29, 0.717) is 19.6 Å². The molecule has 1 aliphatic rings. The SMILES string of the molecule is CCN(CC(C)C#N)S(=O)(=O)N1CCCCC1. The maximum atomic E-state index is 12.3. The quantitative estimate of drug-likeness (QED) is 0.745. The molecule has 0 aromatic rings. The van der Waals surface area contributed by atoms with Crippen LogP contribution in [0.15, 0.2) is 0 Å². The van der Waals surface area contributed by atoms with Gasteiger partial charge >= 0.3 is 0 Å². The van der Waals surface area contributed by atoms with Crippen LogP contribution in [0.2, 0.25) is 0 Å². The summed E-state index contributed by atoms with van der Waals surface area (Å²) in [7, 11) is -3.36. The molecule has 0 amide bonds. The van der Waals surface area contributed by atoms with Gasteiger partial charge in [0.15, 0.2) is 0 Å². The molecule has 1 aliphatic heterocycles. The van der Waals surface area contributed by atoms with Crippen LogP contribution in [0.5, 0.6) is 0 Å². The fourth-order valence-corrected chi connectivity index (χ4v) is 3.78. The first-order valence-electron chi connectivity index (χ1n) is 6.17. The molecule has 1 atom stereocenters. The lowest BCUT2D eigenvalue weighted by Crippen LogP contribution is -2.47. The van der Waals surface area contributed by atoms with Crippen LogP contribution in [0.25, 0.3) is 0 Å². The zero-order chi connectivity index (χ0) is 12.9. The molecule has 0 aromatic carbocycles. The average Bonchev–Trinajstić information content (AvgIpc) is 2.36. The molecule has 0 saturated carbocycles. The summed E-state index contributed by atoms with van der Waals surface area (Å²) in [6.07, 6.45) is 2.97. The summed E-state index contributed by atoms with van der Waals surface area (Å²) in [5.74, 6) is -0.269. The summed E-state index contributed by atoms with van der Waals surface area (Å²) < 4.78 is 27.6. The summed E-state index contributed by atoms with van der Waals surface area (Å²) in [5.41, 5.74) is 0. The van der Waals surface area contributed by atoms with Crippen molar-refractivity contribution in [1.82, 2.24) is 8.61 Å². The lowest BCUT2D eigenvalue weighted by Gasteiger charge is -2.31. The summed E-state index contributed by atoms with van der Waals surface area (Å²) >= 11 is 0. The van der Waals surface area contributed by atoms with Crippen LogP contribution in [0.4, 0.5) is 0 Å². The van der Waals surface area contributed by atoms with Crippen molar-refractivity contribution in [3.63, 3.8) is 0 Å². The maximum Gasteiger partial charge on any atom is 0.282 e. The fourth-order valence-electron chi connectivity index (χ4n) is 1.99. The van der Waals surface area contributed by atoms with Gasteiger partial charge < -0.3 is 0 Å². The first kappa shape index (κ1) is 14.4. The highest BCUT2D eigenvalue weighted by Crippen LogP contribution is 2.17. The van der Waals surface area contributed by atoms with E-state index in [9.17, 15) is 8.42 Å². The molecule has 1 rings (SSSR count). The Morgan fingerprint density at radius 3 is 2.41 bits per heavy atom. The van der Waals surface area contributed by atoms with Gasteiger partial charge in [0.1, 0.15) is 0 Å². The van der Waals surface area contributed by atoms with Gasteiger partial charge in [-0.2, -0.15) is 22.3 Å². The molecule has 0 bridgehead atoms. The maximum absolute atomic E-state index is 12.3. The smallest absolute Gasteiger partial charge is 0.198 e. The van der Waals surface area contributed by atoms with Crippen molar-refractivity contribution < 1.29 is 8.42 Å². The first-order chi connectivity index (χ1) is 8.02. The molecule has 1 heterocycles. The Balaban J connectivity index is 2.75. The van der Waals surface area contributed by atoms with Crippen LogP contribution in [0.3, 0.4) is 0 Å². The standard InChI is InChI=1S/C11H21N3O2S/c1-3-13(10-11(2)9-12)17(15,16)14-7-5-4-6-8-14/h11H,3-8,10H2,1-2H3. The highest BCUT2D eigenvalue weighted by Gasteiger charge is 2.30. The Morgan fingerprint density at radius 1 is 1.35 bits per heavy atom. The third-order valence-electron chi connectivity index (χ3n) is 3.02. The minimum Gasteiger partial charge on any atom is -0.198 e. The summed E-state index contributed by atoms with van der Waals surface area (Å²) in [6.45, 7) is 5.48. The van der Waals surface area contributed by atoms with E-state index in [1.165, 1.54) is 4.31 Å². The molecule has 5 nitrogen and oxygen atoms in total. The topological polar surface area (TPSA) is 64.4 Å². The van der Waals surface area contributed by atoms with Crippen LogP contribution in [-0.2, 0) is 10.2 Å². The van der Waals surface area contributed by atoms with Gasteiger partial charge in [0.2, 0.25) is 0 Å².